The third kappa shape index (κ3) is 4.53. The Labute approximate surface area is 132 Å². The van der Waals surface area contributed by atoms with Gasteiger partial charge in [-0.25, -0.2) is 0 Å². The maximum absolute atomic E-state index is 11.1. The van der Waals surface area contributed by atoms with Crippen LogP contribution in [0, 0.1) is 5.21 Å². The van der Waals surface area contributed by atoms with Crippen LogP contribution in [-0.4, -0.2) is 23.0 Å². The number of hydroxylamine groups is 1. The number of nitrogens with two attached hydrogens (primary N) is 1. The summed E-state index contributed by atoms with van der Waals surface area (Å²) < 4.78 is 5.60. The van der Waals surface area contributed by atoms with Crippen LogP contribution in [0.4, 0.5) is 0 Å². The summed E-state index contributed by atoms with van der Waals surface area (Å²) in [6, 6.07) is 12.0. The molecular formula is C16H15N2O5-. The van der Waals surface area contributed by atoms with Crippen LogP contribution >= 0.6 is 0 Å². The van der Waals surface area contributed by atoms with Crippen LogP contribution in [0.3, 0.4) is 0 Å². The second-order valence-electron chi connectivity index (χ2n) is 4.85. The number of hydrogen-bond acceptors (Lipinski definition) is 5. The first-order valence-electron chi connectivity index (χ1n) is 6.77. The first-order chi connectivity index (χ1) is 11.0. The maximum Gasteiger partial charge on any atom is 0.320 e. The summed E-state index contributed by atoms with van der Waals surface area (Å²) in [6.45, 7) is 0. The van der Waals surface area contributed by atoms with Crippen molar-refractivity contribution in [3.63, 3.8) is 0 Å². The Balaban J connectivity index is 2.00. The molecule has 120 valence electrons. The zero-order chi connectivity index (χ0) is 16.8. The maximum atomic E-state index is 11.1. The molecule has 0 bridgehead atoms. The fourth-order valence-electron chi connectivity index (χ4n) is 1.90. The van der Waals surface area contributed by atoms with Crippen molar-refractivity contribution in [2.75, 3.05) is 0 Å². The highest BCUT2D eigenvalue weighted by Crippen LogP contribution is 2.22. The number of hydrogen-bond donors (Lipinski definition) is 3. The Bertz CT molecular complexity index is 683. The van der Waals surface area contributed by atoms with Crippen LogP contribution in [0.25, 0.3) is 0 Å². The highest BCUT2D eigenvalue weighted by Gasteiger charge is 2.12. The van der Waals surface area contributed by atoms with Gasteiger partial charge in [-0.1, -0.05) is 12.1 Å². The summed E-state index contributed by atoms with van der Waals surface area (Å²) in [6.07, 6.45) is 0.231. The number of amides is 1. The molecule has 1 atom stereocenters. The topological polar surface area (TPSA) is 125 Å². The van der Waals surface area contributed by atoms with Gasteiger partial charge in [0.25, 0.3) is 0 Å². The quantitative estimate of drug-likeness (QED) is 0.696. The molecule has 7 nitrogen and oxygen atoms in total. The minimum Gasteiger partial charge on any atom is -0.759 e. The molecule has 2 rings (SSSR count). The molecule has 23 heavy (non-hydrogen) atoms. The molecule has 1 amide bonds. The molecule has 0 radical (unpaired) electrons. The fraction of sp³-hybridized carbons (Fsp3) is 0.125. The molecule has 2 aromatic rings. The van der Waals surface area contributed by atoms with Crippen molar-refractivity contribution in [1.29, 1.82) is 0 Å². The van der Waals surface area contributed by atoms with Crippen molar-refractivity contribution >= 4 is 11.9 Å². The van der Waals surface area contributed by atoms with Crippen LogP contribution in [0.15, 0.2) is 48.5 Å². The predicted octanol–water partition coefficient (Wildman–Crippen LogP) is 1.66. The fourth-order valence-corrected chi connectivity index (χ4v) is 1.90. The van der Waals surface area contributed by atoms with E-state index in [1.165, 1.54) is 17.6 Å². The SMILES string of the molecule is NC(Cc1ccc(Oc2ccc(C(=O)N[O-])cc2)cc1)C(=O)O. The average molecular weight is 315 g/mol. The zero-order valence-corrected chi connectivity index (χ0v) is 12.1. The lowest BCUT2D eigenvalue weighted by Crippen LogP contribution is -2.32. The Morgan fingerprint density at radius 2 is 1.61 bits per heavy atom. The first kappa shape index (κ1) is 16.5. The minimum atomic E-state index is -1.05. The molecule has 0 aliphatic heterocycles. The van der Waals surface area contributed by atoms with Gasteiger partial charge in [0.1, 0.15) is 17.5 Å². The summed E-state index contributed by atoms with van der Waals surface area (Å²) in [5.41, 5.74) is 7.80. The van der Waals surface area contributed by atoms with E-state index in [0.29, 0.717) is 11.5 Å². The second-order valence-corrected chi connectivity index (χ2v) is 4.85. The van der Waals surface area contributed by atoms with Gasteiger partial charge in [0.15, 0.2) is 0 Å². The summed E-state index contributed by atoms with van der Waals surface area (Å²) in [5.74, 6) is -0.704. The number of carbonyl (C=O) groups excluding carboxylic acids is 1. The molecule has 0 saturated carbocycles. The lowest BCUT2D eigenvalue weighted by atomic mass is 10.1. The highest BCUT2D eigenvalue weighted by atomic mass is 16.5. The summed E-state index contributed by atoms with van der Waals surface area (Å²) in [7, 11) is 0. The number of nitrogens with one attached hydrogen (secondary N) is 1. The normalized spacial score (nSPS) is 11.6. The van der Waals surface area contributed by atoms with Gasteiger partial charge in [-0.05, 0) is 48.4 Å². The van der Waals surface area contributed by atoms with E-state index in [1.807, 2.05) is 0 Å². The van der Waals surface area contributed by atoms with Gasteiger partial charge in [-0.3, -0.25) is 9.59 Å². The van der Waals surface area contributed by atoms with Crippen molar-refractivity contribution in [3.05, 3.63) is 64.9 Å². The van der Waals surface area contributed by atoms with Gasteiger partial charge in [0, 0.05) is 5.56 Å². The molecular weight excluding hydrogens is 300 g/mol. The number of aliphatic carboxylic acids is 1. The van der Waals surface area contributed by atoms with Gasteiger partial charge in [-0.2, -0.15) is 0 Å². The van der Waals surface area contributed by atoms with E-state index in [0.717, 1.165) is 5.56 Å². The molecule has 0 heterocycles. The van der Waals surface area contributed by atoms with E-state index in [4.69, 9.17) is 15.6 Å². The standard InChI is InChI=1S/C16H15N2O5/c17-14(16(20)21)9-10-1-5-12(6-2-10)23-13-7-3-11(4-8-13)15(19)18-22/h1-8,14H,9,17H2,(H2-,18,19,20,21,22)/q-1. The molecule has 0 aromatic heterocycles. The molecule has 2 aromatic carbocycles. The zero-order valence-electron chi connectivity index (χ0n) is 12.1. The summed E-state index contributed by atoms with van der Waals surface area (Å²) in [4.78, 5) is 21.9. The number of carbonyl (C=O) groups is 2. The van der Waals surface area contributed by atoms with Crippen molar-refractivity contribution in [3.8, 4) is 11.5 Å². The lowest BCUT2D eigenvalue weighted by molar-refractivity contribution is -0.138. The third-order valence-corrected chi connectivity index (χ3v) is 3.14. The van der Waals surface area contributed by atoms with E-state index in [2.05, 4.69) is 0 Å². The molecule has 0 aliphatic carbocycles. The smallest absolute Gasteiger partial charge is 0.320 e. The molecule has 0 fully saturated rings. The van der Waals surface area contributed by atoms with Crippen molar-refractivity contribution < 1.29 is 19.4 Å². The van der Waals surface area contributed by atoms with E-state index < -0.39 is 17.9 Å². The number of carboxylic acid groups (broad SMARTS) is 1. The second kappa shape index (κ2) is 7.39. The van der Waals surface area contributed by atoms with Crippen LogP contribution in [0.5, 0.6) is 11.5 Å². The molecule has 0 saturated heterocycles. The number of rotatable bonds is 6. The Hall–Kier alpha value is -2.90. The molecule has 4 N–H and O–H groups in total. The molecule has 0 aliphatic rings. The van der Waals surface area contributed by atoms with Gasteiger partial charge in [0.2, 0.25) is 5.91 Å². The third-order valence-electron chi connectivity index (χ3n) is 3.14. The van der Waals surface area contributed by atoms with E-state index >= 15 is 0 Å². The largest absolute Gasteiger partial charge is 0.759 e. The van der Waals surface area contributed by atoms with Crippen molar-refractivity contribution in [1.82, 2.24) is 5.48 Å². The Morgan fingerprint density at radius 3 is 2.09 bits per heavy atom. The van der Waals surface area contributed by atoms with Gasteiger partial charge >= 0.3 is 5.97 Å². The van der Waals surface area contributed by atoms with E-state index in [-0.39, 0.29) is 12.0 Å². The predicted molar refractivity (Wildman–Crippen MR) is 83.1 cm³/mol. The Kier molecular flexibility index (Phi) is 5.29. The van der Waals surface area contributed by atoms with Gasteiger partial charge in [0.05, 0.1) is 0 Å². The number of carboxylic acids is 1. The highest BCUT2D eigenvalue weighted by molar-refractivity contribution is 5.94. The average Bonchev–Trinajstić information content (AvgIpc) is 2.56. The first-order valence-corrected chi connectivity index (χ1v) is 6.77. The number of benzene rings is 2. The van der Waals surface area contributed by atoms with E-state index in [9.17, 15) is 14.8 Å². The van der Waals surface area contributed by atoms with Crippen LogP contribution in [-0.2, 0) is 11.2 Å². The van der Waals surface area contributed by atoms with E-state index in [1.54, 1.807) is 36.4 Å². The van der Waals surface area contributed by atoms with Crippen LogP contribution in [0.2, 0.25) is 0 Å². The molecule has 1 unspecified atom stereocenters. The lowest BCUT2D eigenvalue weighted by Gasteiger charge is -2.10. The minimum absolute atomic E-state index is 0.231. The summed E-state index contributed by atoms with van der Waals surface area (Å²) >= 11 is 0. The monoisotopic (exact) mass is 315 g/mol. The Morgan fingerprint density at radius 1 is 1.09 bits per heavy atom. The summed E-state index contributed by atoms with van der Waals surface area (Å²) in [5, 5.41) is 19.1. The molecule has 7 heteroatoms. The van der Waals surface area contributed by atoms with Crippen LogP contribution in [0.1, 0.15) is 15.9 Å². The van der Waals surface area contributed by atoms with Gasteiger partial charge < -0.3 is 26.3 Å². The van der Waals surface area contributed by atoms with Crippen molar-refractivity contribution in [2.24, 2.45) is 5.73 Å². The van der Waals surface area contributed by atoms with Crippen molar-refractivity contribution in [2.45, 2.75) is 12.5 Å². The van der Waals surface area contributed by atoms with Gasteiger partial charge in [-0.15, -0.1) is 0 Å². The molecule has 0 spiro atoms. The number of ether oxygens (including phenoxy) is 1. The van der Waals surface area contributed by atoms with Crippen LogP contribution < -0.4 is 16.0 Å².